The number of nitrogens with one attached hydrogen (secondary N) is 2. The van der Waals surface area contributed by atoms with Crippen LogP contribution in [0, 0.1) is 0 Å². The highest BCUT2D eigenvalue weighted by molar-refractivity contribution is 9.10. The van der Waals surface area contributed by atoms with Gasteiger partial charge in [0.1, 0.15) is 0 Å². The van der Waals surface area contributed by atoms with Gasteiger partial charge in [-0.2, -0.15) is 0 Å². The number of carbonyl (C=O) groups is 1. The van der Waals surface area contributed by atoms with Crippen molar-refractivity contribution in [2.75, 3.05) is 5.32 Å². The van der Waals surface area contributed by atoms with Gasteiger partial charge in [0.25, 0.3) is 0 Å². The topological polar surface area (TPSA) is 54.0 Å². The number of nitrogens with zero attached hydrogens (tertiary/aromatic N) is 1. The summed E-state index contributed by atoms with van der Waals surface area (Å²) < 4.78 is 0.979. The molecule has 0 saturated heterocycles. The van der Waals surface area contributed by atoms with E-state index >= 15 is 0 Å². The van der Waals surface area contributed by atoms with Gasteiger partial charge in [-0.1, -0.05) is 34.1 Å². The largest absolute Gasteiger partial charge is 0.331 e. The maximum Gasteiger partial charge on any atom is 0.321 e. The molecule has 94 valence electrons. The number of benzene rings is 1. The van der Waals surface area contributed by atoms with Crippen LogP contribution < -0.4 is 10.6 Å². The van der Waals surface area contributed by atoms with E-state index < -0.39 is 0 Å². The van der Waals surface area contributed by atoms with Gasteiger partial charge < -0.3 is 5.32 Å². The number of thiazole rings is 1. The summed E-state index contributed by atoms with van der Waals surface area (Å²) in [5.41, 5.74) is 1.03. The Kier molecular flexibility index (Phi) is 4.33. The van der Waals surface area contributed by atoms with Crippen LogP contribution in [0.15, 0.2) is 40.3 Å². The fraction of sp³-hybridized carbons (Fsp3) is 0.167. The van der Waals surface area contributed by atoms with Crippen molar-refractivity contribution in [3.63, 3.8) is 0 Å². The molecule has 0 saturated carbocycles. The Hall–Kier alpha value is -1.40. The minimum atomic E-state index is -0.256. The van der Waals surface area contributed by atoms with Crippen molar-refractivity contribution in [1.82, 2.24) is 10.3 Å². The molecule has 0 radical (unpaired) electrons. The van der Waals surface area contributed by atoms with E-state index in [1.165, 1.54) is 11.3 Å². The third kappa shape index (κ3) is 3.30. The van der Waals surface area contributed by atoms with Crippen LogP contribution in [0.4, 0.5) is 9.93 Å². The summed E-state index contributed by atoms with van der Waals surface area (Å²) >= 11 is 4.85. The number of rotatable bonds is 3. The molecule has 1 unspecified atom stereocenters. The van der Waals surface area contributed by atoms with Gasteiger partial charge >= 0.3 is 6.03 Å². The van der Waals surface area contributed by atoms with Gasteiger partial charge in [0.15, 0.2) is 5.13 Å². The third-order valence-corrected chi connectivity index (χ3v) is 3.78. The quantitative estimate of drug-likeness (QED) is 0.902. The van der Waals surface area contributed by atoms with E-state index in [-0.39, 0.29) is 12.1 Å². The summed E-state index contributed by atoms with van der Waals surface area (Å²) in [7, 11) is 0. The van der Waals surface area contributed by atoms with Crippen LogP contribution in [0.3, 0.4) is 0 Å². The predicted octanol–water partition coefficient (Wildman–Crippen LogP) is 3.79. The summed E-state index contributed by atoms with van der Waals surface area (Å²) in [5.74, 6) is 0. The summed E-state index contributed by atoms with van der Waals surface area (Å²) in [6.45, 7) is 1.93. The first-order valence-corrected chi connectivity index (χ1v) is 7.05. The molecular formula is C12H12BrN3OS. The van der Waals surface area contributed by atoms with Gasteiger partial charge in [-0.05, 0) is 18.6 Å². The van der Waals surface area contributed by atoms with Crippen molar-refractivity contribution in [3.05, 3.63) is 45.9 Å². The molecule has 0 bridgehead atoms. The lowest BCUT2D eigenvalue weighted by Gasteiger charge is -2.15. The van der Waals surface area contributed by atoms with Crippen molar-refractivity contribution in [2.24, 2.45) is 0 Å². The van der Waals surface area contributed by atoms with Gasteiger partial charge in [0.05, 0.1) is 6.04 Å². The maximum atomic E-state index is 11.7. The molecule has 18 heavy (non-hydrogen) atoms. The van der Waals surface area contributed by atoms with Crippen molar-refractivity contribution in [2.45, 2.75) is 13.0 Å². The van der Waals surface area contributed by atoms with E-state index in [2.05, 4.69) is 31.5 Å². The Bertz CT molecular complexity index is 530. The number of carbonyl (C=O) groups excluding carboxylic acids is 1. The second-order valence-corrected chi connectivity index (χ2v) is 5.43. The molecule has 1 aromatic carbocycles. The molecule has 0 aliphatic rings. The van der Waals surface area contributed by atoms with E-state index in [1.54, 1.807) is 6.20 Å². The number of urea groups is 1. The van der Waals surface area contributed by atoms with Crippen LogP contribution in [0.5, 0.6) is 0 Å². The molecule has 2 aromatic rings. The second-order valence-electron chi connectivity index (χ2n) is 3.68. The number of amides is 2. The van der Waals surface area contributed by atoms with E-state index in [0.717, 1.165) is 10.0 Å². The molecule has 0 fully saturated rings. The molecule has 0 aliphatic heterocycles. The Morgan fingerprint density at radius 3 is 2.89 bits per heavy atom. The Balaban J connectivity index is 1.97. The van der Waals surface area contributed by atoms with Crippen molar-refractivity contribution >= 4 is 38.4 Å². The number of aromatic nitrogens is 1. The third-order valence-electron chi connectivity index (χ3n) is 2.37. The van der Waals surface area contributed by atoms with Gasteiger partial charge in [0, 0.05) is 16.0 Å². The Labute approximate surface area is 118 Å². The molecular weight excluding hydrogens is 314 g/mol. The smallest absolute Gasteiger partial charge is 0.321 e. The standard InChI is InChI=1S/C12H12BrN3OS/c1-8(9-4-2-3-5-10(9)13)15-11(17)16-12-14-6-7-18-12/h2-8H,1H3,(H2,14,15,16,17). The number of hydrogen-bond acceptors (Lipinski definition) is 3. The van der Waals surface area contributed by atoms with E-state index in [1.807, 2.05) is 36.6 Å². The fourth-order valence-corrected chi connectivity index (χ4v) is 2.67. The van der Waals surface area contributed by atoms with Gasteiger partial charge in [0.2, 0.25) is 0 Å². The molecule has 1 aromatic heterocycles. The fourth-order valence-electron chi connectivity index (χ4n) is 1.52. The lowest BCUT2D eigenvalue weighted by atomic mass is 10.1. The van der Waals surface area contributed by atoms with E-state index in [9.17, 15) is 4.79 Å². The average molecular weight is 326 g/mol. The normalized spacial score (nSPS) is 11.9. The minimum Gasteiger partial charge on any atom is -0.331 e. The first kappa shape index (κ1) is 13.0. The number of hydrogen-bond donors (Lipinski definition) is 2. The van der Waals surface area contributed by atoms with E-state index in [0.29, 0.717) is 5.13 Å². The molecule has 1 heterocycles. The van der Waals surface area contributed by atoms with E-state index in [4.69, 9.17) is 0 Å². The zero-order chi connectivity index (χ0) is 13.0. The van der Waals surface area contributed by atoms with Crippen molar-refractivity contribution < 1.29 is 4.79 Å². The Morgan fingerprint density at radius 2 is 2.22 bits per heavy atom. The molecule has 4 nitrogen and oxygen atoms in total. The van der Waals surface area contributed by atoms with Gasteiger partial charge in [-0.15, -0.1) is 11.3 Å². The van der Waals surface area contributed by atoms with Gasteiger partial charge in [-0.25, -0.2) is 9.78 Å². The van der Waals surface area contributed by atoms with Crippen molar-refractivity contribution in [1.29, 1.82) is 0 Å². The number of anilines is 1. The summed E-state index contributed by atoms with van der Waals surface area (Å²) in [4.78, 5) is 15.7. The van der Waals surface area contributed by atoms with Crippen LogP contribution in [0.1, 0.15) is 18.5 Å². The highest BCUT2D eigenvalue weighted by Gasteiger charge is 2.12. The molecule has 2 N–H and O–H groups in total. The molecule has 1 atom stereocenters. The zero-order valence-electron chi connectivity index (χ0n) is 9.68. The SMILES string of the molecule is CC(NC(=O)Nc1nccs1)c1ccccc1Br. The summed E-state index contributed by atoms with van der Waals surface area (Å²) in [6.07, 6.45) is 1.65. The van der Waals surface area contributed by atoms with Crippen LogP contribution in [0.25, 0.3) is 0 Å². The highest BCUT2D eigenvalue weighted by Crippen LogP contribution is 2.22. The zero-order valence-corrected chi connectivity index (χ0v) is 12.1. The Morgan fingerprint density at radius 1 is 1.44 bits per heavy atom. The molecule has 2 rings (SSSR count). The average Bonchev–Trinajstić information content (AvgIpc) is 2.82. The van der Waals surface area contributed by atoms with Crippen LogP contribution in [-0.2, 0) is 0 Å². The van der Waals surface area contributed by atoms with Gasteiger partial charge in [-0.3, -0.25) is 5.32 Å². The highest BCUT2D eigenvalue weighted by atomic mass is 79.9. The first-order valence-electron chi connectivity index (χ1n) is 5.38. The second kappa shape index (κ2) is 5.97. The lowest BCUT2D eigenvalue weighted by molar-refractivity contribution is 0.249. The molecule has 2 amide bonds. The lowest BCUT2D eigenvalue weighted by Crippen LogP contribution is -2.31. The van der Waals surface area contributed by atoms with Crippen LogP contribution >= 0.6 is 27.3 Å². The molecule has 6 heteroatoms. The minimum absolute atomic E-state index is 0.0828. The van der Waals surface area contributed by atoms with Crippen LogP contribution in [-0.4, -0.2) is 11.0 Å². The predicted molar refractivity (Wildman–Crippen MR) is 76.8 cm³/mol. The number of halogens is 1. The molecule has 0 aliphatic carbocycles. The maximum absolute atomic E-state index is 11.7. The summed E-state index contributed by atoms with van der Waals surface area (Å²) in [5, 5.41) is 7.95. The van der Waals surface area contributed by atoms with Crippen LogP contribution in [0.2, 0.25) is 0 Å². The van der Waals surface area contributed by atoms with Crippen molar-refractivity contribution in [3.8, 4) is 0 Å². The monoisotopic (exact) mass is 325 g/mol. The summed E-state index contributed by atoms with van der Waals surface area (Å²) in [6, 6.07) is 7.46. The first-order chi connectivity index (χ1) is 8.66. The molecule has 0 spiro atoms.